The van der Waals surface area contributed by atoms with E-state index in [4.69, 9.17) is 5.11 Å². The third-order valence-electron chi connectivity index (χ3n) is 3.07. The molecule has 0 saturated heterocycles. The van der Waals surface area contributed by atoms with Gasteiger partial charge in [0.2, 0.25) is 6.54 Å². The van der Waals surface area contributed by atoms with Gasteiger partial charge in [0.25, 0.3) is 0 Å². The van der Waals surface area contributed by atoms with Gasteiger partial charge in [-0.2, -0.15) is 0 Å². The van der Waals surface area contributed by atoms with Gasteiger partial charge >= 0.3 is 5.97 Å². The second kappa shape index (κ2) is 11.6. The Balaban J connectivity index is 3.43. The molecule has 0 amide bonds. The van der Waals surface area contributed by atoms with Gasteiger partial charge in [-0.25, -0.2) is 0 Å². The highest BCUT2D eigenvalue weighted by atomic mass is 16.6. The predicted octanol–water partition coefficient (Wildman–Crippen LogP) is 2.67. The lowest BCUT2D eigenvalue weighted by atomic mass is 9.97. The summed E-state index contributed by atoms with van der Waals surface area (Å²) in [6.45, 7) is -0.0699. The van der Waals surface area contributed by atoms with Crippen LogP contribution in [0.15, 0.2) is 0 Å². The summed E-state index contributed by atoms with van der Waals surface area (Å²) in [4.78, 5) is 30.9. The van der Waals surface area contributed by atoms with Gasteiger partial charge in [0, 0.05) is 23.7 Å². The predicted molar refractivity (Wildman–Crippen MR) is 70.6 cm³/mol. The Kier molecular flexibility index (Phi) is 10.7. The molecule has 0 aromatic carbocycles. The quantitative estimate of drug-likeness (QED) is 0.241. The number of hydrogen-bond acceptors (Lipinski definition) is 4. The van der Waals surface area contributed by atoms with Crippen molar-refractivity contribution in [1.29, 1.82) is 0 Å². The first-order valence-corrected chi connectivity index (χ1v) is 6.85. The Morgan fingerprint density at radius 1 is 1.11 bits per heavy atom. The normalized spacial score (nSPS) is 12.0. The minimum Gasteiger partial charge on any atom is -0.481 e. The van der Waals surface area contributed by atoms with Crippen molar-refractivity contribution in [2.45, 2.75) is 57.8 Å². The monoisotopic (exact) mass is 273 g/mol. The summed E-state index contributed by atoms with van der Waals surface area (Å²) >= 11 is 0. The molecule has 6 nitrogen and oxygen atoms in total. The molecule has 0 radical (unpaired) electrons. The molecule has 19 heavy (non-hydrogen) atoms. The molecular weight excluding hydrogens is 250 g/mol. The second-order valence-corrected chi connectivity index (χ2v) is 4.79. The van der Waals surface area contributed by atoms with E-state index in [9.17, 15) is 19.7 Å². The molecule has 0 spiro atoms. The highest BCUT2D eigenvalue weighted by molar-refractivity contribution is 5.66. The summed E-state index contributed by atoms with van der Waals surface area (Å²) in [7, 11) is 0. The second-order valence-electron chi connectivity index (χ2n) is 4.79. The third-order valence-corrected chi connectivity index (χ3v) is 3.07. The van der Waals surface area contributed by atoms with Gasteiger partial charge in [-0.3, -0.25) is 14.9 Å². The topological polar surface area (TPSA) is 97.5 Å². The zero-order valence-electron chi connectivity index (χ0n) is 11.3. The number of rotatable bonds is 13. The van der Waals surface area contributed by atoms with Gasteiger partial charge in [-0.1, -0.05) is 25.7 Å². The van der Waals surface area contributed by atoms with Crippen LogP contribution in [-0.4, -0.2) is 28.8 Å². The van der Waals surface area contributed by atoms with Crippen LogP contribution in [0.3, 0.4) is 0 Å². The van der Waals surface area contributed by atoms with Crippen molar-refractivity contribution in [3.05, 3.63) is 10.1 Å². The summed E-state index contributed by atoms with van der Waals surface area (Å²) in [6.07, 6.45) is 7.43. The van der Waals surface area contributed by atoms with E-state index in [1.807, 2.05) is 0 Å². The van der Waals surface area contributed by atoms with E-state index in [0.29, 0.717) is 19.3 Å². The van der Waals surface area contributed by atoms with Crippen molar-refractivity contribution in [1.82, 2.24) is 0 Å². The Morgan fingerprint density at radius 3 is 2.26 bits per heavy atom. The number of nitrogens with zero attached hydrogens (tertiary/aromatic N) is 1. The Hall–Kier alpha value is -1.46. The molecule has 1 unspecified atom stereocenters. The first-order valence-electron chi connectivity index (χ1n) is 6.85. The molecule has 0 fully saturated rings. The van der Waals surface area contributed by atoms with Crippen LogP contribution in [0, 0.1) is 16.0 Å². The van der Waals surface area contributed by atoms with Crippen molar-refractivity contribution in [3.8, 4) is 0 Å². The first kappa shape index (κ1) is 17.5. The largest absolute Gasteiger partial charge is 0.481 e. The van der Waals surface area contributed by atoms with Crippen LogP contribution in [-0.2, 0) is 9.59 Å². The molecule has 0 aromatic heterocycles. The lowest BCUT2D eigenvalue weighted by molar-refractivity contribution is -0.480. The van der Waals surface area contributed by atoms with Crippen LogP contribution < -0.4 is 0 Å². The number of aliphatic carboxylic acids is 1. The smallest absolute Gasteiger partial charge is 0.303 e. The molecule has 0 aliphatic rings. The van der Waals surface area contributed by atoms with Crippen LogP contribution >= 0.6 is 0 Å². The van der Waals surface area contributed by atoms with Crippen LogP contribution in [0.1, 0.15) is 57.8 Å². The first-order chi connectivity index (χ1) is 9.06. The van der Waals surface area contributed by atoms with Gasteiger partial charge in [0.15, 0.2) is 0 Å². The van der Waals surface area contributed by atoms with E-state index in [1.165, 1.54) is 0 Å². The van der Waals surface area contributed by atoms with E-state index in [-0.39, 0.29) is 23.8 Å². The van der Waals surface area contributed by atoms with Crippen molar-refractivity contribution >= 4 is 12.3 Å². The molecule has 0 saturated carbocycles. The molecule has 0 rings (SSSR count). The number of carbonyl (C=O) groups is 2. The molecule has 110 valence electrons. The van der Waals surface area contributed by atoms with E-state index >= 15 is 0 Å². The Labute approximate surface area is 113 Å². The molecule has 0 aliphatic heterocycles. The molecule has 1 atom stereocenters. The molecule has 0 aliphatic carbocycles. The molecule has 6 heteroatoms. The summed E-state index contributed by atoms with van der Waals surface area (Å²) in [5, 5.41) is 18.6. The minimum atomic E-state index is -0.758. The standard InChI is InChI=1S/C13H23NO5/c15-11-12(8-6-10-14(18)19)7-4-2-1-3-5-9-13(16)17/h11-12H,1-10H2,(H,16,17). The molecule has 1 N–H and O–H groups in total. The van der Waals surface area contributed by atoms with E-state index < -0.39 is 5.97 Å². The van der Waals surface area contributed by atoms with Crippen LogP contribution in [0.5, 0.6) is 0 Å². The molecular formula is C13H23NO5. The summed E-state index contributed by atoms with van der Waals surface area (Å²) < 4.78 is 0. The fraction of sp³-hybridized carbons (Fsp3) is 0.846. The van der Waals surface area contributed by atoms with Gasteiger partial charge in [0.1, 0.15) is 6.29 Å². The van der Waals surface area contributed by atoms with Crippen LogP contribution in [0.25, 0.3) is 0 Å². The molecule has 0 heterocycles. The van der Waals surface area contributed by atoms with E-state index in [2.05, 4.69) is 0 Å². The number of nitro groups is 1. The number of unbranched alkanes of at least 4 members (excludes halogenated alkanes) is 4. The lowest BCUT2D eigenvalue weighted by Crippen LogP contribution is -2.07. The summed E-state index contributed by atoms with van der Waals surface area (Å²) in [6, 6.07) is 0. The number of carbonyl (C=O) groups excluding carboxylic acids is 1. The SMILES string of the molecule is O=CC(CCCCCCCC(=O)O)CCC[N+](=O)[O-]. The number of carboxylic acids is 1. The maximum Gasteiger partial charge on any atom is 0.303 e. The Bertz CT molecular complexity index is 280. The van der Waals surface area contributed by atoms with Gasteiger partial charge in [-0.05, 0) is 19.3 Å². The highest BCUT2D eigenvalue weighted by Crippen LogP contribution is 2.15. The maximum atomic E-state index is 10.8. The maximum absolute atomic E-state index is 10.8. The van der Waals surface area contributed by atoms with Gasteiger partial charge < -0.3 is 9.90 Å². The summed E-state index contributed by atoms with van der Waals surface area (Å²) in [5.74, 6) is -0.828. The van der Waals surface area contributed by atoms with Gasteiger partial charge in [-0.15, -0.1) is 0 Å². The average Bonchev–Trinajstić information content (AvgIpc) is 2.34. The fourth-order valence-electron chi connectivity index (χ4n) is 1.98. The van der Waals surface area contributed by atoms with E-state index in [0.717, 1.165) is 38.4 Å². The van der Waals surface area contributed by atoms with Crippen molar-refractivity contribution in [2.24, 2.45) is 5.92 Å². The molecule has 0 bridgehead atoms. The van der Waals surface area contributed by atoms with Crippen LogP contribution in [0.4, 0.5) is 0 Å². The van der Waals surface area contributed by atoms with Crippen molar-refractivity contribution in [2.75, 3.05) is 6.54 Å². The van der Waals surface area contributed by atoms with Crippen molar-refractivity contribution in [3.63, 3.8) is 0 Å². The van der Waals surface area contributed by atoms with Crippen LogP contribution in [0.2, 0.25) is 0 Å². The zero-order chi connectivity index (χ0) is 14.5. The number of aldehydes is 1. The number of hydrogen-bond donors (Lipinski definition) is 1. The lowest BCUT2D eigenvalue weighted by Gasteiger charge is -2.08. The number of carboxylic acid groups (broad SMARTS) is 1. The molecule has 0 aromatic rings. The zero-order valence-corrected chi connectivity index (χ0v) is 11.3. The van der Waals surface area contributed by atoms with E-state index in [1.54, 1.807) is 0 Å². The minimum absolute atomic E-state index is 0.0699. The highest BCUT2D eigenvalue weighted by Gasteiger charge is 2.08. The van der Waals surface area contributed by atoms with Gasteiger partial charge in [0.05, 0.1) is 0 Å². The van der Waals surface area contributed by atoms with Crippen molar-refractivity contribution < 1.29 is 19.6 Å². The summed E-state index contributed by atoms with van der Waals surface area (Å²) in [5.41, 5.74) is 0. The average molecular weight is 273 g/mol. The Morgan fingerprint density at radius 2 is 1.68 bits per heavy atom. The fourth-order valence-corrected chi connectivity index (χ4v) is 1.98. The third kappa shape index (κ3) is 12.8.